The third kappa shape index (κ3) is 4.64. The number of nitrogens with zero attached hydrogens (tertiary/aromatic N) is 2. The fourth-order valence-electron chi connectivity index (χ4n) is 3.18. The summed E-state index contributed by atoms with van der Waals surface area (Å²) >= 11 is 0. The van der Waals surface area contributed by atoms with Crippen LogP contribution in [0.25, 0.3) is 0 Å². The molecule has 114 valence electrons. The van der Waals surface area contributed by atoms with E-state index >= 15 is 0 Å². The minimum Gasteiger partial charge on any atom is -0.350 e. The average Bonchev–Trinajstić information content (AvgIpc) is 2.88. The van der Waals surface area contributed by atoms with E-state index in [4.69, 9.17) is 0 Å². The number of piperidine rings is 1. The summed E-state index contributed by atoms with van der Waals surface area (Å²) in [5.74, 6) is 0. The number of nitrogens with one attached hydrogen (secondary N) is 1. The molecule has 1 fully saturated rings. The highest BCUT2D eigenvalue weighted by Crippen LogP contribution is 2.16. The molecule has 2 rings (SSSR count). The van der Waals surface area contributed by atoms with Gasteiger partial charge in [-0.1, -0.05) is 13.3 Å². The molecule has 0 bridgehead atoms. The molecule has 1 saturated heterocycles. The fraction of sp³-hybridized carbons (Fsp3) is 0.765. The van der Waals surface area contributed by atoms with Crippen LogP contribution in [0.3, 0.4) is 0 Å². The summed E-state index contributed by atoms with van der Waals surface area (Å²) in [5, 5.41) is 3.59. The summed E-state index contributed by atoms with van der Waals surface area (Å²) in [7, 11) is 0. The third-order valence-corrected chi connectivity index (χ3v) is 4.43. The van der Waals surface area contributed by atoms with Crippen molar-refractivity contribution in [3.05, 3.63) is 24.0 Å². The van der Waals surface area contributed by atoms with Gasteiger partial charge in [0.25, 0.3) is 0 Å². The number of hydrogen-bond donors (Lipinski definition) is 1. The normalized spacial score (nSPS) is 20.4. The van der Waals surface area contributed by atoms with Gasteiger partial charge in [-0.3, -0.25) is 0 Å². The van der Waals surface area contributed by atoms with Crippen LogP contribution in [0.5, 0.6) is 0 Å². The molecule has 1 aromatic heterocycles. The molecule has 0 aliphatic carbocycles. The molecular weight excluding hydrogens is 246 g/mol. The van der Waals surface area contributed by atoms with Crippen molar-refractivity contribution in [2.75, 3.05) is 19.6 Å². The first kappa shape index (κ1) is 15.6. The van der Waals surface area contributed by atoms with Gasteiger partial charge in [-0.2, -0.15) is 0 Å². The summed E-state index contributed by atoms with van der Waals surface area (Å²) in [5.41, 5.74) is 1.41. The van der Waals surface area contributed by atoms with Crippen LogP contribution in [-0.4, -0.2) is 35.1 Å². The first-order chi connectivity index (χ1) is 9.81. The lowest BCUT2D eigenvalue weighted by atomic mass is 10.0. The van der Waals surface area contributed by atoms with Crippen LogP contribution in [-0.2, 0) is 13.1 Å². The second-order valence-electron chi connectivity index (χ2n) is 6.10. The van der Waals surface area contributed by atoms with Gasteiger partial charge in [-0.15, -0.1) is 0 Å². The topological polar surface area (TPSA) is 20.2 Å². The predicted molar refractivity (Wildman–Crippen MR) is 85.9 cm³/mol. The van der Waals surface area contributed by atoms with Crippen molar-refractivity contribution in [1.82, 2.24) is 14.8 Å². The molecule has 1 aliphatic heterocycles. The highest BCUT2D eigenvalue weighted by molar-refractivity contribution is 5.06. The van der Waals surface area contributed by atoms with Gasteiger partial charge in [0, 0.05) is 31.0 Å². The Balaban J connectivity index is 1.60. The van der Waals surface area contributed by atoms with Crippen molar-refractivity contribution >= 4 is 0 Å². The number of aryl methyl sites for hydroxylation is 1. The molecule has 3 heteroatoms. The third-order valence-electron chi connectivity index (χ3n) is 4.43. The molecule has 0 amide bonds. The van der Waals surface area contributed by atoms with E-state index in [0.717, 1.165) is 25.7 Å². The molecule has 20 heavy (non-hydrogen) atoms. The molecule has 0 aromatic carbocycles. The molecule has 1 aromatic rings. The van der Waals surface area contributed by atoms with E-state index in [1.54, 1.807) is 0 Å². The molecule has 1 atom stereocenters. The Hall–Kier alpha value is -0.800. The summed E-state index contributed by atoms with van der Waals surface area (Å²) in [6, 6.07) is 5.18. The van der Waals surface area contributed by atoms with Gasteiger partial charge >= 0.3 is 0 Å². The minimum absolute atomic E-state index is 0.797. The lowest BCUT2D eigenvalue weighted by Gasteiger charge is -2.33. The summed E-state index contributed by atoms with van der Waals surface area (Å²) in [4.78, 5) is 2.66. The number of hydrogen-bond acceptors (Lipinski definition) is 2. The summed E-state index contributed by atoms with van der Waals surface area (Å²) in [6.07, 6.45) is 8.86. The molecule has 0 saturated carbocycles. The van der Waals surface area contributed by atoms with Gasteiger partial charge in [-0.05, 0) is 64.4 Å². The maximum atomic E-state index is 3.59. The van der Waals surface area contributed by atoms with Crippen molar-refractivity contribution in [3.63, 3.8) is 0 Å². The maximum absolute atomic E-state index is 3.59. The molecule has 2 heterocycles. The van der Waals surface area contributed by atoms with E-state index in [2.05, 4.69) is 47.0 Å². The smallest absolute Gasteiger partial charge is 0.0359 e. The lowest BCUT2D eigenvalue weighted by molar-refractivity contribution is 0.159. The van der Waals surface area contributed by atoms with Crippen molar-refractivity contribution in [3.8, 4) is 0 Å². The predicted octanol–water partition coefficient (Wildman–Crippen LogP) is 3.25. The summed E-state index contributed by atoms with van der Waals surface area (Å²) < 4.78 is 2.36. The molecule has 1 aliphatic rings. The van der Waals surface area contributed by atoms with Crippen LogP contribution < -0.4 is 5.32 Å². The highest BCUT2D eigenvalue weighted by atomic mass is 15.2. The second-order valence-corrected chi connectivity index (χ2v) is 6.10. The maximum Gasteiger partial charge on any atom is 0.0359 e. The van der Waals surface area contributed by atoms with Crippen LogP contribution in [0.4, 0.5) is 0 Å². The van der Waals surface area contributed by atoms with Crippen LogP contribution in [0.2, 0.25) is 0 Å². The molecule has 1 N–H and O–H groups in total. The van der Waals surface area contributed by atoms with Crippen molar-refractivity contribution in [2.24, 2.45) is 0 Å². The second kappa shape index (κ2) is 8.48. The average molecular weight is 277 g/mol. The van der Waals surface area contributed by atoms with E-state index in [0.29, 0.717) is 0 Å². The molecular formula is C17H31N3. The van der Waals surface area contributed by atoms with E-state index in [1.165, 1.54) is 50.9 Å². The van der Waals surface area contributed by atoms with Crippen LogP contribution in [0.15, 0.2) is 18.3 Å². The van der Waals surface area contributed by atoms with E-state index in [-0.39, 0.29) is 0 Å². The van der Waals surface area contributed by atoms with Gasteiger partial charge in [0.1, 0.15) is 0 Å². The van der Waals surface area contributed by atoms with Crippen molar-refractivity contribution in [1.29, 1.82) is 0 Å². The minimum atomic E-state index is 0.797. The Morgan fingerprint density at radius 1 is 1.30 bits per heavy atom. The highest BCUT2D eigenvalue weighted by Gasteiger charge is 2.16. The number of aromatic nitrogens is 1. The van der Waals surface area contributed by atoms with E-state index < -0.39 is 0 Å². The first-order valence-corrected chi connectivity index (χ1v) is 8.40. The molecule has 0 spiro atoms. The monoisotopic (exact) mass is 277 g/mol. The summed E-state index contributed by atoms with van der Waals surface area (Å²) in [6.45, 7) is 10.4. The Kier molecular flexibility index (Phi) is 6.61. The molecule has 3 nitrogen and oxygen atoms in total. The van der Waals surface area contributed by atoms with Gasteiger partial charge in [0.05, 0.1) is 0 Å². The largest absolute Gasteiger partial charge is 0.350 e. The lowest BCUT2D eigenvalue weighted by Crippen LogP contribution is -2.38. The SMILES string of the molecule is CCCn1cccc1CNCCCN1CCCCC1C. The van der Waals surface area contributed by atoms with Gasteiger partial charge in [-0.25, -0.2) is 0 Å². The van der Waals surface area contributed by atoms with Gasteiger partial charge in [0.15, 0.2) is 0 Å². The fourth-order valence-corrected chi connectivity index (χ4v) is 3.18. The Morgan fingerprint density at radius 2 is 2.20 bits per heavy atom. The van der Waals surface area contributed by atoms with Crippen molar-refractivity contribution < 1.29 is 0 Å². The zero-order chi connectivity index (χ0) is 14.2. The van der Waals surface area contributed by atoms with Crippen LogP contribution in [0.1, 0.15) is 51.6 Å². The quantitative estimate of drug-likeness (QED) is 0.736. The van der Waals surface area contributed by atoms with Crippen LogP contribution in [0, 0.1) is 0 Å². The number of likely N-dealkylation sites (tertiary alicyclic amines) is 1. The van der Waals surface area contributed by atoms with Gasteiger partial charge < -0.3 is 14.8 Å². The van der Waals surface area contributed by atoms with Crippen LogP contribution >= 0.6 is 0 Å². The standard InChI is InChI=1S/C17H31N3/c1-3-11-20-13-6-9-17(20)15-18-10-7-14-19-12-5-4-8-16(19)2/h6,9,13,16,18H,3-5,7-8,10-12,14-15H2,1-2H3. The zero-order valence-electron chi connectivity index (χ0n) is 13.3. The van der Waals surface area contributed by atoms with Gasteiger partial charge in [0.2, 0.25) is 0 Å². The Labute approximate surface area is 124 Å². The molecule has 0 radical (unpaired) electrons. The first-order valence-electron chi connectivity index (χ1n) is 8.40. The van der Waals surface area contributed by atoms with Crippen molar-refractivity contribution in [2.45, 2.75) is 65.1 Å². The molecule has 1 unspecified atom stereocenters. The number of rotatable bonds is 8. The van der Waals surface area contributed by atoms with E-state index in [1.807, 2.05) is 0 Å². The zero-order valence-corrected chi connectivity index (χ0v) is 13.3. The Bertz CT molecular complexity index is 372. The van der Waals surface area contributed by atoms with E-state index in [9.17, 15) is 0 Å². The Morgan fingerprint density at radius 3 is 3.00 bits per heavy atom.